The van der Waals surface area contributed by atoms with E-state index in [0.29, 0.717) is 29.6 Å². The Balaban J connectivity index is 1.42. The average Bonchev–Trinajstić information content (AvgIpc) is 3.01. The lowest BCUT2D eigenvalue weighted by Crippen LogP contribution is -2.56. The van der Waals surface area contributed by atoms with Crippen LogP contribution in [0.4, 0.5) is 0 Å². The molecule has 0 saturated carbocycles. The lowest BCUT2D eigenvalue weighted by atomic mass is 10.1. The van der Waals surface area contributed by atoms with Crippen molar-refractivity contribution < 1.29 is 9.53 Å². The molecule has 0 N–H and O–H groups in total. The molecule has 1 aromatic carbocycles. The zero-order chi connectivity index (χ0) is 18.1. The number of carbonyl (C=O) groups is 1. The van der Waals surface area contributed by atoms with Crippen LogP contribution in [-0.2, 0) is 0 Å². The number of hydrogen-bond acceptors (Lipinski definition) is 4. The van der Waals surface area contributed by atoms with Crippen LogP contribution in [0.2, 0.25) is 5.02 Å². The molecule has 7 heteroatoms. The number of pyridine rings is 1. The molecule has 3 heterocycles. The summed E-state index contributed by atoms with van der Waals surface area (Å²) in [5.41, 5.74) is 2.35. The SMILES string of the molecule is Cc1c(C(=O)N2CC(Oc3ncccc3Cl)C2)cnn1-c1ccccc1. The minimum absolute atomic E-state index is 0.0448. The van der Waals surface area contributed by atoms with Gasteiger partial charge in [0.1, 0.15) is 11.1 Å². The van der Waals surface area contributed by atoms with Crippen molar-refractivity contribution in [2.45, 2.75) is 13.0 Å². The smallest absolute Gasteiger partial charge is 0.257 e. The molecule has 1 amide bonds. The second kappa shape index (κ2) is 6.80. The summed E-state index contributed by atoms with van der Waals surface area (Å²) in [6.07, 6.45) is 3.15. The van der Waals surface area contributed by atoms with E-state index >= 15 is 0 Å². The Bertz CT molecular complexity index is 936. The number of halogens is 1. The number of aromatic nitrogens is 3. The summed E-state index contributed by atoms with van der Waals surface area (Å²) in [5.74, 6) is 0.357. The number of ether oxygens (including phenoxy) is 1. The maximum absolute atomic E-state index is 12.7. The average molecular weight is 369 g/mol. The van der Waals surface area contributed by atoms with Crippen LogP contribution in [0.1, 0.15) is 16.1 Å². The summed E-state index contributed by atoms with van der Waals surface area (Å²) in [7, 11) is 0. The summed E-state index contributed by atoms with van der Waals surface area (Å²) >= 11 is 6.05. The minimum atomic E-state index is -0.101. The quantitative estimate of drug-likeness (QED) is 0.709. The van der Waals surface area contributed by atoms with E-state index < -0.39 is 0 Å². The molecule has 1 fully saturated rings. The Morgan fingerprint density at radius 2 is 1.96 bits per heavy atom. The first-order valence-electron chi connectivity index (χ1n) is 8.30. The summed E-state index contributed by atoms with van der Waals surface area (Å²) in [6.45, 7) is 2.90. The Morgan fingerprint density at radius 3 is 2.69 bits per heavy atom. The van der Waals surface area contributed by atoms with Crippen LogP contribution in [0.5, 0.6) is 5.88 Å². The third kappa shape index (κ3) is 3.04. The molecule has 0 unspecified atom stereocenters. The maximum Gasteiger partial charge on any atom is 0.257 e. The molecule has 1 saturated heterocycles. The molecular formula is C19H17ClN4O2. The molecule has 0 atom stereocenters. The summed E-state index contributed by atoms with van der Waals surface area (Å²) in [6, 6.07) is 13.2. The van der Waals surface area contributed by atoms with Crippen LogP contribution >= 0.6 is 11.6 Å². The second-order valence-electron chi connectivity index (χ2n) is 6.13. The van der Waals surface area contributed by atoms with Crippen LogP contribution < -0.4 is 4.74 Å². The fraction of sp³-hybridized carbons (Fsp3) is 0.211. The van der Waals surface area contributed by atoms with E-state index in [1.54, 1.807) is 34.1 Å². The fourth-order valence-corrected chi connectivity index (χ4v) is 3.08. The van der Waals surface area contributed by atoms with Crippen molar-refractivity contribution in [3.63, 3.8) is 0 Å². The van der Waals surface area contributed by atoms with Gasteiger partial charge in [0.15, 0.2) is 0 Å². The molecular weight excluding hydrogens is 352 g/mol. The van der Waals surface area contributed by atoms with Gasteiger partial charge in [-0.2, -0.15) is 5.10 Å². The first-order chi connectivity index (χ1) is 12.6. The molecule has 0 bridgehead atoms. The molecule has 2 aromatic heterocycles. The fourth-order valence-electron chi connectivity index (χ4n) is 2.91. The van der Waals surface area contributed by atoms with Gasteiger partial charge in [-0.15, -0.1) is 0 Å². The van der Waals surface area contributed by atoms with Gasteiger partial charge in [-0.05, 0) is 31.2 Å². The van der Waals surface area contributed by atoms with Crippen molar-refractivity contribution >= 4 is 17.5 Å². The van der Waals surface area contributed by atoms with Gasteiger partial charge >= 0.3 is 0 Å². The van der Waals surface area contributed by atoms with E-state index in [1.165, 1.54) is 0 Å². The highest BCUT2D eigenvalue weighted by Gasteiger charge is 2.34. The van der Waals surface area contributed by atoms with Gasteiger partial charge in [-0.25, -0.2) is 9.67 Å². The van der Waals surface area contributed by atoms with Gasteiger partial charge in [-0.1, -0.05) is 29.8 Å². The predicted octanol–water partition coefficient (Wildman–Crippen LogP) is 3.13. The molecule has 26 heavy (non-hydrogen) atoms. The number of amides is 1. The molecule has 132 valence electrons. The monoisotopic (exact) mass is 368 g/mol. The molecule has 1 aliphatic rings. The van der Waals surface area contributed by atoms with Crippen molar-refractivity contribution in [1.82, 2.24) is 19.7 Å². The lowest BCUT2D eigenvalue weighted by molar-refractivity contribution is 0.0160. The van der Waals surface area contributed by atoms with Crippen LogP contribution in [0.25, 0.3) is 5.69 Å². The highest BCUT2D eigenvalue weighted by atomic mass is 35.5. The maximum atomic E-state index is 12.7. The van der Waals surface area contributed by atoms with Crippen LogP contribution in [0.15, 0.2) is 54.9 Å². The van der Waals surface area contributed by atoms with Crippen LogP contribution in [0.3, 0.4) is 0 Å². The Morgan fingerprint density at radius 1 is 1.19 bits per heavy atom. The molecule has 0 radical (unpaired) electrons. The number of likely N-dealkylation sites (tertiary alicyclic amines) is 1. The zero-order valence-corrected chi connectivity index (χ0v) is 14.9. The van der Waals surface area contributed by atoms with Crippen molar-refractivity contribution in [3.05, 3.63) is 71.1 Å². The van der Waals surface area contributed by atoms with Crippen molar-refractivity contribution in [1.29, 1.82) is 0 Å². The highest BCUT2D eigenvalue weighted by molar-refractivity contribution is 6.31. The third-order valence-corrected chi connectivity index (χ3v) is 4.67. The zero-order valence-electron chi connectivity index (χ0n) is 14.2. The molecule has 6 nitrogen and oxygen atoms in total. The molecule has 0 aliphatic carbocycles. The van der Waals surface area contributed by atoms with Crippen molar-refractivity contribution in [2.24, 2.45) is 0 Å². The minimum Gasteiger partial charge on any atom is -0.470 e. The third-order valence-electron chi connectivity index (χ3n) is 4.38. The first-order valence-corrected chi connectivity index (χ1v) is 8.68. The number of nitrogens with zero attached hydrogens (tertiary/aromatic N) is 4. The van der Waals surface area contributed by atoms with Crippen LogP contribution in [0, 0.1) is 6.92 Å². The van der Waals surface area contributed by atoms with E-state index in [1.807, 2.05) is 37.3 Å². The normalized spacial score (nSPS) is 14.2. The predicted molar refractivity (Wildman–Crippen MR) is 97.9 cm³/mol. The van der Waals surface area contributed by atoms with E-state index in [9.17, 15) is 4.79 Å². The summed E-state index contributed by atoms with van der Waals surface area (Å²) in [5, 5.41) is 4.83. The number of hydrogen-bond donors (Lipinski definition) is 0. The summed E-state index contributed by atoms with van der Waals surface area (Å²) < 4.78 is 7.52. The molecule has 0 spiro atoms. The Kier molecular flexibility index (Phi) is 4.34. The molecule has 1 aliphatic heterocycles. The van der Waals surface area contributed by atoms with E-state index in [-0.39, 0.29) is 12.0 Å². The molecule has 4 rings (SSSR count). The van der Waals surface area contributed by atoms with E-state index in [4.69, 9.17) is 16.3 Å². The number of carbonyl (C=O) groups excluding carboxylic acids is 1. The van der Waals surface area contributed by atoms with Crippen molar-refractivity contribution in [3.8, 4) is 11.6 Å². The van der Waals surface area contributed by atoms with Crippen LogP contribution in [-0.4, -0.2) is 44.8 Å². The highest BCUT2D eigenvalue weighted by Crippen LogP contribution is 2.25. The Hall–Kier alpha value is -2.86. The van der Waals surface area contributed by atoms with Crippen molar-refractivity contribution in [2.75, 3.05) is 13.1 Å². The Labute approximate surface area is 156 Å². The number of para-hydroxylation sites is 1. The largest absolute Gasteiger partial charge is 0.470 e. The lowest BCUT2D eigenvalue weighted by Gasteiger charge is -2.38. The van der Waals surface area contributed by atoms with E-state index in [0.717, 1.165) is 11.4 Å². The molecule has 3 aromatic rings. The van der Waals surface area contributed by atoms with Gasteiger partial charge in [0, 0.05) is 6.20 Å². The topological polar surface area (TPSA) is 60.3 Å². The van der Waals surface area contributed by atoms with E-state index in [2.05, 4.69) is 10.1 Å². The van der Waals surface area contributed by atoms with Gasteiger partial charge < -0.3 is 9.64 Å². The second-order valence-corrected chi connectivity index (χ2v) is 6.54. The first kappa shape index (κ1) is 16.6. The summed E-state index contributed by atoms with van der Waals surface area (Å²) in [4.78, 5) is 18.6. The van der Waals surface area contributed by atoms with Gasteiger partial charge in [-0.3, -0.25) is 4.79 Å². The van der Waals surface area contributed by atoms with Gasteiger partial charge in [0.25, 0.3) is 5.91 Å². The van der Waals surface area contributed by atoms with Gasteiger partial charge in [0.05, 0.1) is 36.2 Å². The number of rotatable bonds is 4. The standard InChI is InChI=1S/C19H17ClN4O2/c1-13-16(10-22-24(13)14-6-3-2-4-7-14)19(25)23-11-15(12-23)26-18-17(20)8-5-9-21-18/h2-10,15H,11-12H2,1H3. The number of benzene rings is 1. The van der Waals surface area contributed by atoms with Gasteiger partial charge in [0.2, 0.25) is 5.88 Å².